The maximum Gasteiger partial charge on any atom is 0.341 e. The van der Waals surface area contributed by atoms with Gasteiger partial charge >= 0.3 is 5.97 Å². The summed E-state index contributed by atoms with van der Waals surface area (Å²) in [5, 5.41) is 9.37. The van der Waals surface area contributed by atoms with E-state index in [9.17, 15) is 19.1 Å². The van der Waals surface area contributed by atoms with Crippen LogP contribution in [-0.4, -0.2) is 34.8 Å². The first kappa shape index (κ1) is 15.1. The molecule has 1 aromatic heterocycles. The molecule has 0 spiro atoms. The first-order valence-electron chi connectivity index (χ1n) is 8.08. The van der Waals surface area contributed by atoms with Crippen LogP contribution < -0.4 is 16.1 Å². The molecule has 2 heterocycles. The van der Waals surface area contributed by atoms with E-state index in [0.717, 1.165) is 19.3 Å². The number of carbonyl (C=O) groups is 1. The van der Waals surface area contributed by atoms with E-state index in [-0.39, 0.29) is 23.0 Å². The lowest BCUT2D eigenvalue weighted by Crippen LogP contribution is -2.27. The highest BCUT2D eigenvalue weighted by Crippen LogP contribution is 2.38. The molecule has 2 aromatic rings. The molecule has 126 valence electrons. The van der Waals surface area contributed by atoms with Gasteiger partial charge in [0.2, 0.25) is 5.43 Å². The average Bonchev–Trinajstić information content (AvgIpc) is 3.28. The van der Waals surface area contributed by atoms with Crippen LogP contribution >= 0.6 is 0 Å². The molecule has 7 heteroatoms. The highest BCUT2D eigenvalue weighted by atomic mass is 19.1. The fourth-order valence-corrected chi connectivity index (χ4v) is 3.41. The molecule has 3 N–H and O–H groups in total. The Labute approximate surface area is 137 Å². The molecule has 0 bridgehead atoms. The number of aromatic nitrogens is 1. The van der Waals surface area contributed by atoms with Gasteiger partial charge in [-0.1, -0.05) is 0 Å². The quantitative estimate of drug-likeness (QED) is 0.894. The van der Waals surface area contributed by atoms with E-state index >= 15 is 0 Å². The zero-order valence-electron chi connectivity index (χ0n) is 13.0. The smallest absolute Gasteiger partial charge is 0.341 e. The molecule has 4 rings (SSSR count). The molecule has 1 saturated heterocycles. The van der Waals surface area contributed by atoms with E-state index in [2.05, 4.69) is 0 Å². The van der Waals surface area contributed by atoms with Crippen LogP contribution in [0.3, 0.4) is 0 Å². The normalized spacial score (nSPS) is 20.8. The Morgan fingerprint density at radius 2 is 2.04 bits per heavy atom. The molecular formula is C17H18FN3O3. The minimum atomic E-state index is -1.29. The Hall–Kier alpha value is -2.41. The van der Waals surface area contributed by atoms with E-state index in [1.54, 1.807) is 10.6 Å². The van der Waals surface area contributed by atoms with Gasteiger partial charge < -0.3 is 20.3 Å². The number of fused-ring (bicyclic) bond motifs is 1. The highest BCUT2D eigenvalue weighted by molar-refractivity contribution is 5.93. The molecule has 1 aliphatic carbocycles. The molecule has 24 heavy (non-hydrogen) atoms. The number of halogens is 1. The van der Waals surface area contributed by atoms with Crippen LogP contribution in [0.25, 0.3) is 10.9 Å². The van der Waals surface area contributed by atoms with Crippen molar-refractivity contribution in [2.24, 2.45) is 5.73 Å². The van der Waals surface area contributed by atoms with Crippen molar-refractivity contribution in [2.75, 3.05) is 18.0 Å². The van der Waals surface area contributed by atoms with Gasteiger partial charge in [0, 0.05) is 36.8 Å². The summed E-state index contributed by atoms with van der Waals surface area (Å²) in [5.74, 6) is -1.80. The summed E-state index contributed by atoms with van der Waals surface area (Å²) >= 11 is 0. The average molecular weight is 331 g/mol. The Morgan fingerprint density at radius 1 is 1.29 bits per heavy atom. The van der Waals surface area contributed by atoms with Gasteiger partial charge in [-0.2, -0.15) is 0 Å². The number of carboxylic acid groups (broad SMARTS) is 1. The van der Waals surface area contributed by atoms with E-state index in [1.165, 1.54) is 12.3 Å². The van der Waals surface area contributed by atoms with Crippen LogP contribution in [-0.2, 0) is 0 Å². The SMILES string of the molecule is N[C@@H]1CCN(c2cc3c(cc2F)c(=O)c(C(=O)O)cn3C2CC2)C1. The fourth-order valence-electron chi connectivity index (χ4n) is 3.41. The first-order valence-corrected chi connectivity index (χ1v) is 8.08. The van der Waals surface area contributed by atoms with Crippen LogP contribution in [0.4, 0.5) is 10.1 Å². The lowest BCUT2D eigenvalue weighted by molar-refractivity contribution is 0.0695. The second-order valence-electron chi connectivity index (χ2n) is 6.63. The van der Waals surface area contributed by atoms with Gasteiger partial charge in [-0.15, -0.1) is 0 Å². The van der Waals surface area contributed by atoms with Gasteiger partial charge in [0.25, 0.3) is 0 Å². The summed E-state index contributed by atoms with van der Waals surface area (Å²) in [4.78, 5) is 25.6. The Kier molecular flexibility index (Phi) is 3.35. The number of benzene rings is 1. The van der Waals surface area contributed by atoms with Gasteiger partial charge in [0.05, 0.1) is 11.2 Å². The second-order valence-corrected chi connectivity index (χ2v) is 6.63. The van der Waals surface area contributed by atoms with Crippen LogP contribution in [0, 0.1) is 5.82 Å². The third-order valence-corrected chi connectivity index (χ3v) is 4.84. The van der Waals surface area contributed by atoms with E-state index in [4.69, 9.17) is 5.73 Å². The van der Waals surface area contributed by atoms with Crippen LogP contribution in [0.5, 0.6) is 0 Å². The summed E-state index contributed by atoms with van der Waals surface area (Å²) in [6.45, 7) is 1.24. The van der Waals surface area contributed by atoms with E-state index in [0.29, 0.717) is 24.3 Å². The second kappa shape index (κ2) is 5.31. The predicted octanol–water partition coefficient (Wildman–Crippen LogP) is 1.71. The minimum absolute atomic E-state index is 0.0140. The predicted molar refractivity (Wildman–Crippen MR) is 88.2 cm³/mol. The standard InChI is InChI=1S/C17H18FN3O3/c18-13-5-11-14(6-15(13)20-4-3-9(19)7-20)21(10-1-2-10)8-12(16(11)22)17(23)24/h5-6,8-10H,1-4,7,19H2,(H,23,24)/t9-/m1/s1. The van der Waals surface area contributed by atoms with Gasteiger partial charge in [-0.25, -0.2) is 9.18 Å². The summed E-state index contributed by atoms with van der Waals surface area (Å²) in [6.07, 6.45) is 4.05. The maximum absolute atomic E-state index is 14.6. The largest absolute Gasteiger partial charge is 0.477 e. The summed E-state index contributed by atoms with van der Waals surface area (Å²) in [5.41, 5.74) is 5.96. The molecule has 1 saturated carbocycles. The summed E-state index contributed by atoms with van der Waals surface area (Å²) < 4.78 is 16.4. The topological polar surface area (TPSA) is 88.6 Å². The highest BCUT2D eigenvalue weighted by Gasteiger charge is 2.28. The minimum Gasteiger partial charge on any atom is -0.477 e. The van der Waals surface area contributed by atoms with Crippen molar-refractivity contribution in [3.8, 4) is 0 Å². The van der Waals surface area contributed by atoms with Crippen LogP contribution in [0.2, 0.25) is 0 Å². The number of hydrogen-bond acceptors (Lipinski definition) is 4. The third kappa shape index (κ3) is 2.36. The Balaban J connectivity index is 1.95. The Morgan fingerprint density at radius 3 is 2.62 bits per heavy atom. The number of carboxylic acids is 1. The monoisotopic (exact) mass is 331 g/mol. The molecule has 0 unspecified atom stereocenters. The molecule has 0 amide bonds. The maximum atomic E-state index is 14.6. The zero-order chi connectivity index (χ0) is 17.0. The number of nitrogens with two attached hydrogens (primary N) is 1. The molecule has 0 radical (unpaired) electrons. The van der Waals surface area contributed by atoms with Crippen molar-refractivity contribution < 1.29 is 14.3 Å². The Bertz CT molecular complexity index is 904. The van der Waals surface area contributed by atoms with Crippen LogP contribution in [0.1, 0.15) is 35.7 Å². The molecule has 1 aliphatic heterocycles. The molecule has 2 fully saturated rings. The number of aromatic carboxylic acids is 1. The molecule has 1 aromatic carbocycles. The van der Waals surface area contributed by atoms with Gasteiger partial charge in [-0.3, -0.25) is 4.79 Å². The molecule has 2 aliphatic rings. The molecular weight excluding hydrogens is 313 g/mol. The lowest BCUT2D eigenvalue weighted by Gasteiger charge is -2.21. The number of rotatable bonds is 3. The number of nitrogens with zero attached hydrogens (tertiary/aromatic N) is 2. The fraction of sp³-hybridized carbons (Fsp3) is 0.412. The lowest BCUT2D eigenvalue weighted by atomic mass is 10.1. The van der Waals surface area contributed by atoms with Crippen molar-refractivity contribution >= 4 is 22.6 Å². The van der Waals surface area contributed by atoms with Crippen molar-refractivity contribution in [3.63, 3.8) is 0 Å². The van der Waals surface area contributed by atoms with Crippen molar-refractivity contribution in [1.29, 1.82) is 0 Å². The van der Waals surface area contributed by atoms with Gasteiger partial charge in [0.1, 0.15) is 11.4 Å². The third-order valence-electron chi connectivity index (χ3n) is 4.84. The summed E-state index contributed by atoms with van der Waals surface area (Å²) in [6, 6.07) is 3.02. The van der Waals surface area contributed by atoms with E-state index in [1.807, 2.05) is 4.90 Å². The number of hydrogen-bond donors (Lipinski definition) is 2. The zero-order valence-corrected chi connectivity index (χ0v) is 13.0. The number of pyridine rings is 1. The van der Waals surface area contributed by atoms with E-state index < -0.39 is 17.2 Å². The van der Waals surface area contributed by atoms with Crippen LogP contribution in [0.15, 0.2) is 23.1 Å². The van der Waals surface area contributed by atoms with Crippen molar-refractivity contribution in [1.82, 2.24) is 4.57 Å². The number of anilines is 1. The summed E-state index contributed by atoms with van der Waals surface area (Å²) in [7, 11) is 0. The van der Waals surface area contributed by atoms with Gasteiger partial charge in [0.15, 0.2) is 0 Å². The van der Waals surface area contributed by atoms with Gasteiger partial charge in [-0.05, 0) is 31.4 Å². The van der Waals surface area contributed by atoms with Crippen molar-refractivity contribution in [2.45, 2.75) is 31.3 Å². The molecule has 6 nitrogen and oxygen atoms in total. The molecule has 1 atom stereocenters. The van der Waals surface area contributed by atoms with Crippen molar-refractivity contribution in [3.05, 3.63) is 39.9 Å². The first-order chi connectivity index (χ1) is 11.5.